The molecule has 0 fully saturated rings. The van der Waals surface area contributed by atoms with Gasteiger partial charge in [-0.1, -0.05) is 12.1 Å². The molecule has 1 heterocycles. The Morgan fingerprint density at radius 3 is 2.89 bits per heavy atom. The van der Waals surface area contributed by atoms with Crippen LogP contribution in [0.2, 0.25) is 0 Å². The summed E-state index contributed by atoms with van der Waals surface area (Å²) < 4.78 is 5.15. The van der Waals surface area contributed by atoms with Gasteiger partial charge in [-0.15, -0.1) is 0 Å². The molecule has 3 N–H and O–H groups in total. The highest BCUT2D eigenvalue weighted by molar-refractivity contribution is 5.94. The summed E-state index contributed by atoms with van der Waals surface area (Å²) >= 11 is 0. The number of hydrogen-bond acceptors (Lipinski definition) is 3. The van der Waals surface area contributed by atoms with Gasteiger partial charge in [-0.2, -0.15) is 0 Å². The van der Waals surface area contributed by atoms with Crippen molar-refractivity contribution in [2.24, 2.45) is 5.73 Å². The van der Waals surface area contributed by atoms with Crippen molar-refractivity contribution in [2.45, 2.75) is 13.0 Å². The first-order valence-corrected chi connectivity index (χ1v) is 5.89. The number of nitrogens with one attached hydrogen (secondary N) is 1. The smallest absolute Gasteiger partial charge is 0.251 e. The number of carbonyl (C=O) groups excluding carboxylic acids is 1. The van der Waals surface area contributed by atoms with E-state index in [2.05, 4.69) is 5.32 Å². The van der Waals surface area contributed by atoms with Crippen molar-refractivity contribution < 1.29 is 9.21 Å². The van der Waals surface area contributed by atoms with Crippen molar-refractivity contribution in [3.8, 4) is 0 Å². The van der Waals surface area contributed by atoms with Crippen LogP contribution < -0.4 is 11.1 Å². The largest absolute Gasteiger partial charge is 0.467 e. The summed E-state index contributed by atoms with van der Waals surface area (Å²) in [6.07, 6.45) is 2.36. The highest BCUT2D eigenvalue weighted by atomic mass is 16.3. The number of furan rings is 1. The van der Waals surface area contributed by atoms with Gasteiger partial charge in [0.2, 0.25) is 0 Å². The van der Waals surface area contributed by atoms with E-state index in [-0.39, 0.29) is 5.91 Å². The van der Waals surface area contributed by atoms with E-state index in [0.29, 0.717) is 18.7 Å². The van der Waals surface area contributed by atoms with Gasteiger partial charge in [0.25, 0.3) is 5.91 Å². The van der Waals surface area contributed by atoms with Gasteiger partial charge in [0, 0.05) is 5.56 Å². The van der Waals surface area contributed by atoms with E-state index in [1.54, 1.807) is 18.4 Å². The van der Waals surface area contributed by atoms with E-state index >= 15 is 0 Å². The zero-order chi connectivity index (χ0) is 12.8. The average Bonchev–Trinajstić information content (AvgIpc) is 2.90. The molecule has 4 heteroatoms. The first kappa shape index (κ1) is 12.4. The Morgan fingerprint density at radius 1 is 1.28 bits per heavy atom. The van der Waals surface area contributed by atoms with Crippen LogP contribution in [0.25, 0.3) is 0 Å². The van der Waals surface area contributed by atoms with E-state index in [1.165, 1.54) is 0 Å². The summed E-state index contributed by atoms with van der Waals surface area (Å²) in [4.78, 5) is 11.9. The number of hydrogen-bond donors (Lipinski definition) is 2. The zero-order valence-electron chi connectivity index (χ0n) is 10.1. The summed E-state index contributed by atoms with van der Waals surface area (Å²) in [5.41, 5.74) is 7.21. The molecule has 0 unspecified atom stereocenters. The van der Waals surface area contributed by atoms with E-state index in [4.69, 9.17) is 10.2 Å². The lowest BCUT2D eigenvalue weighted by atomic mass is 10.1. The van der Waals surface area contributed by atoms with Crippen LogP contribution in [-0.2, 0) is 13.0 Å². The minimum atomic E-state index is -0.106. The van der Waals surface area contributed by atoms with Gasteiger partial charge < -0.3 is 15.5 Å². The normalized spacial score (nSPS) is 10.3. The van der Waals surface area contributed by atoms with Crippen LogP contribution in [0.3, 0.4) is 0 Å². The third kappa shape index (κ3) is 3.21. The molecule has 4 nitrogen and oxygen atoms in total. The third-order valence-electron chi connectivity index (χ3n) is 2.63. The number of carbonyl (C=O) groups is 1. The molecule has 0 saturated carbocycles. The van der Waals surface area contributed by atoms with E-state index in [9.17, 15) is 4.79 Å². The number of nitrogens with two attached hydrogens (primary N) is 1. The maximum atomic E-state index is 11.9. The first-order valence-electron chi connectivity index (χ1n) is 5.89. The van der Waals surface area contributed by atoms with Gasteiger partial charge in [0.1, 0.15) is 5.76 Å². The Bertz CT molecular complexity index is 506. The standard InChI is InChI=1S/C14H16N2O2/c15-7-6-11-3-1-4-12(9-11)14(17)16-10-13-5-2-8-18-13/h1-5,8-9H,6-7,10,15H2,(H,16,17). The summed E-state index contributed by atoms with van der Waals surface area (Å²) in [6.45, 7) is 0.977. The minimum absolute atomic E-state index is 0.106. The Morgan fingerprint density at radius 2 is 2.17 bits per heavy atom. The topological polar surface area (TPSA) is 68.3 Å². The molecule has 0 atom stereocenters. The van der Waals surface area contributed by atoms with Gasteiger partial charge in [-0.25, -0.2) is 0 Å². The molecule has 0 spiro atoms. The van der Waals surface area contributed by atoms with Crippen molar-refractivity contribution in [1.29, 1.82) is 0 Å². The molecule has 0 aliphatic rings. The maximum absolute atomic E-state index is 11.9. The van der Waals surface area contributed by atoms with Crippen LogP contribution in [0.4, 0.5) is 0 Å². The van der Waals surface area contributed by atoms with Gasteiger partial charge in [-0.3, -0.25) is 4.79 Å². The minimum Gasteiger partial charge on any atom is -0.467 e. The number of amides is 1. The van der Waals surface area contributed by atoms with E-state index < -0.39 is 0 Å². The first-order chi connectivity index (χ1) is 8.79. The monoisotopic (exact) mass is 244 g/mol. The molecule has 0 bridgehead atoms. The fourth-order valence-electron chi connectivity index (χ4n) is 1.72. The number of rotatable bonds is 5. The van der Waals surface area contributed by atoms with Crippen LogP contribution in [0.15, 0.2) is 47.1 Å². The SMILES string of the molecule is NCCc1cccc(C(=O)NCc2ccco2)c1. The van der Waals surface area contributed by atoms with Crippen LogP contribution in [-0.4, -0.2) is 12.5 Å². The molecule has 1 amide bonds. The van der Waals surface area contributed by atoms with Crippen LogP contribution in [0.1, 0.15) is 21.7 Å². The molecule has 94 valence electrons. The molecule has 1 aromatic heterocycles. The third-order valence-corrected chi connectivity index (χ3v) is 2.63. The number of benzene rings is 1. The van der Waals surface area contributed by atoms with Crippen LogP contribution in [0.5, 0.6) is 0 Å². The molecule has 2 aromatic rings. The predicted octanol–water partition coefficient (Wildman–Crippen LogP) is 1.71. The van der Waals surface area contributed by atoms with Crippen LogP contribution >= 0.6 is 0 Å². The zero-order valence-corrected chi connectivity index (χ0v) is 10.1. The van der Waals surface area contributed by atoms with Crippen molar-refractivity contribution in [3.63, 3.8) is 0 Å². The second-order valence-electron chi connectivity index (χ2n) is 4.00. The molecule has 2 rings (SSSR count). The van der Waals surface area contributed by atoms with Crippen molar-refractivity contribution >= 4 is 5.91 Å². The molecule has 1 aromatic carbocycles. The Kier molecular flexibility index (Phi) is 4.15. The predicted molar refractivity (Wildman–Crippen MR) is 69.1 cm³/mol. The van der Waals surface area contributed by atoms with Gasteiger partial charge in [0.05, 0.1) is 12.8 Å². The molecule has 18 heavy (non-hydrogen) atoms. The lowest BCUT2D eigenvalue weighted by Crippen LogP contribution is -2.22. The Hall–Kier alpha value is -2.07. The lowest BCUT2D eigenvalue weighted by Gasteiger charge is -2.05. The molecule has 0 saturated heterocycles. The van der Waals surface area contributed by atoms with Crippen LogP contribution in [0, 0.1) is 0 Å². The summed E-state index contributed by atoms with van der Waals surface area (Å²) in [5, 5.41) is 2.81. The van der Waals surface area contributed by atoms with Crippen molar-refractivity contribution in [1.82, 2.24) is 5.32 Å². The van der Waals surface area contributed by atoms with Crippen molar-refractivity contribution in [3.05, 3.63) is 59.5 Å². The molecular weight excluding hydrogens is 228 g/mol. The Balaban J connectivity index is 1.97. The van der Waals surface area contributed by atoms with Crippen molar-refractivity contribution in [2.75, 3.05) is 6.54 Å². The molecule has 0 aliphatic carbocycles. The van der Waals surface area contributed by atoms with Gasteiger partial charge in [-0.05, 0) is 42.8 Å². The van der Waals surface area contributed by atoms with E-state index in [1.807, 2.05) is 24.3 Å². The summed E-state index contributed by atoms with van der Waals surface area (Å²) in [6, 6.07) is 11.1. The second kappa shape index (κ2) is 6.02. The quantitative estimate of drug-likeness (QED) is 0.841. The highest BCUT2D eigenvalue weighted by Crippen LogP contribution is 2.06. The Labute approximate surface area is 106 Å². The fourth-order valence-corrected chi connectivity index (χ4v) is 1.72. The lowest BCUT2D eigenvalue weighted by molar-refractivity contribution is 0.0948. The fraction of sp³-hybridized carbons (Fsp3) is 0.214. The van der Waals surface area contributed by atoms with E-state index in [0.717, 1.165) is 17.7 Å². The maximum Gasteiger partial charge on any atom is 0.251 e. The average molecular weight is 244 g/mol. The molecule has 0 radical (unpaired) electrons. The molecule has 0 aliphatic heterocycles. The van der Waals surface area contributed by atoms with Gasteiger partial charge >= 0.3 is 0 Å². The molecular formula is C14H16N2O2. The summed E-state index contributed by atoms with van der Waals surface area (Å²) in [7, 11) is 0. The van der Waals surface area contributed by atoms with Gasteiger partial charge in [0.15, 0.2) is 0 Å². The highest BCUT2D eigenvalue weighted by Gasteiger charge is 2.06. The summed E-state index contributed by atoms with van der Waals surface area (Å²) in [5.74, 6) is 0.631. The second-order valence-corrected chi connectivity index (χ2v) is 4.00.